The summed E-state index contributed by atoms with van der Waals surface area (Å²) in [6.07, 6.45) is -0.0866. The van der Waals surface area contributed by atoms with Gasteiger partial charge in [0.2, 0.25) is 0 Å². The highest BCUT2D eigenvalue weighted by molar-refractivity contribution is 9.10. The fourth-order valence-electron chi connectivity index (χ4n) is 1.83. The SMILES string of the molecule is Fc1ccc(CN2CC[C@@H](F)C2)cc1Br. The van der Waals surface area contributed by atoms with Crippen LogP contribution in [-0.4, -0.2) is 24.2 Å². The fourth-order valence-corrected chi connectivity index (χ4v) is 2.25. The Kier molecular flexibility index (Phi) is 3.36. The van der Waals surface area contributed by atoms with Gasteiger partial charge in [0.15, 0.2) is 0 Å². The van der Waals surface area contributed by atoms with Gasteiger partial charge in [-0.05, 0) is 40.0 Å². The van der Waals surface area contributed by atoms with E-state index in [1.165, 1.54) is 6.07 Å². The zero-order valence-electron chi connectivity index (χ0n) is 8.22. The van der Waals surface area contributed by atoms with Crippen molar-refractivity contribution in [2.45, 2.75) is 19.1 Å². The lowest BCUT2D eigenvalue weighted by Crippen LogP contribution is -2.20. The summed E-state index contributed by atoms with van der Waals surface area (Å²) in [5.74, 6) is -0.261. The van der Waals surface area contributed by atoms with Gasteiger partial charge in [0.05, 0.1) is 4.47 Å². The zero-order chi connectivity index (χ0) is 10.8. The van der Waals surface area contributed by atoms with Gasteiger partial charge in [0.25, 0.3) is 0 Å². The Labute approximate surface area is 96.2 Å². The highest BCUT2D eigenvalue weighted by atomic mass is 79.9. The molecule has 1 aliphatic heterocycles. The third kappa shape index (κ3) is 2.75. The Morgan fingerprint density at radius 1 is 1.47 bits per heavy atom. The maximum absolute atomic E-state index is 13.0. The molecule has 0 saturated carbocycles. The number of likely N-dealkylation sites (tertiary alicyclic amines) is 1. The molecule has 1 atom stereocenters. The number of nitrogens with zero attached hydrogens (tertiary/aromatic N) is 1. The van der Waals surface area contributed by atoms with Gasteiger partial charge >= 0.3 is 0 Å². The lowest BCUT2D eigenvalue weighted by atomic mass is 10.2. The Hall–Kier alpha value is -0.480. The van der Waals surface area contributed by atoms with E-state index in [1.54, 1.807) is 12.1 Å². The van der Waals surface area contributed by atoms with Crippen LogP contribution in [0.2, 0.25) is 0 Å². The van der Waals surface area contributed by atoms with E-state index >= 15 is 0 Å². The van der Waals surface area contributed by atoms with E-state index in [-0.39, 0.29) is 5.82 Å². The Morgan fingerprint density at radius 3 is 2.87 bits per heavy atom. The van der Waals surface area contributed by atoms with E-state index in [1.807, 2.05) is 4.90 Å². The molecule has 4 heteroatoms. The Morgan fingerprint density at radius 2 is 2.27 bits per heavy atom. The summed E-state index contributed by atoms with van der Waals surface area (Å²) < 4.78 is 26.3. The summed E-state index contributed by atoms with van der Waals surface area (Å²) in [7, 11) is 0. The van der Waals surface area contributed by atoms with E-state index in [0.717, 1.165) is 12.1 Å². The van der Waals surface area contributed by atoms with Crippen molar-refractivity contribution in [2.24, 2.45) is 0 Å². The normalized spacial score (nSPS) is 22.2. The zero-order valence-corrected chi connectivity index (χ0v) is 9.80. The lowest BCUT2D eigenvalue weighted by molar-refractivity contribution is 0.282. The van der Waals surface area contributed by atoms with Gasteiger partial charge in [-0.15, -0.1) is 0 Å². The van der Waals surface area contributed by atoms with Crippen molar-refractivity contribution >= 4 is 15.9 Å². The first kappa shape index (κ1) is 11.0. The third-order valence-corrected chi connectivity index (χ3v) is 3.21. The second kappa shape index (κ2) is 4.58. The molecule has 1 aliphatic rings. The lowest BCUT2D eigenvalue weighted by Gasteiger charge is -2.14. The molecule has 1 fully saturated rings. The average molecular weight is 276 g/mol. The first-order chi connectivity index (χ1) is 7.15. The van der Waals surface area contributed by atoms with Crippen molar-refractivity contribution in [3.63, 3.8) is 0 Å². The monoisotopic (exact) mass is 275 g/mol. The maximum Gasteiger partial charge on any atom is 0.137 e. The second-order valence-electron chi connectivity index (χ2n) is 3.87. The number of alkyl halides is 1. The number of rotatable bonds is 2. The van der Waals surface area contributed by atoms with Gasteiger partial charge < -0.3 is 0 Å². The van der Waals surface area contributed by atoms with Crippen LogP contribution in [0.1, 0.15) is 12.0 Å². The molecule has 0 unspecified atom stereocenters. The van der Waals surface area contributed by atoms with Crippen LogP contribution in [0.3, 0.4) is 0 Å². The number of benzene rings is 1. The summed E-state index contributed by atoms with van der Waals surface area (Å²) in [6, 6.07) is 4.93. The molecule has 1 heterocycles. The van der Waals surface area contributed by atoms with Gasteiger partial charge in [-0.25, -0.2) is 8.78 Å². The first-order valence-electron chi connectivity index (χ1n) is 4.95. The topological polar surface area (TPSA) is 3.24 Å². The summed E-state index contributed by atoms with van der Waals surface area (Å²) in [4.78, 5) is 2.05. The van der Waals surface area contributed by atoms with E-state index in [4.69, 9.17) is 0 Å². The van der Waals surface area contributed by atoms with Crippen LogP contribution in [0, 0.1) is 5.82 Å². The van der Waals surface area contributed by atoms with Crippen LogP contribution < -0.4 is 0 Å². The van der Waals surface area contributed by atoms with Gasteiger partial charge in [-0.3, -0.25) is 4.90 Å². The van der Waals surface area contributed by atoms with Crippen molar-refractivity contribution in [1.82, 2.24) is 4.90 Å². The standard InChI is InChI=1S/C11H12BrF2N/c12-10-5-8(1-2-11(10)14)6-15-4-3-9(13)7-15/h1-2,5,9H,3-4,6-7H2/t9-/m1/s1. The van der Waals surface area contributed by atoms with Crippen molar-refractivity contribution in [3.05, 3.63) is 34.1 Å². The molecule has 1 aromatic carbocycles. The van der Waals surface area contributed by atoms with Crippen molar-refractivity contribution < 1.29 is 8.78 Å². The quantitative estimate of drug-likeness (QED) is 0.802. The minimum atomic E-state index is -0.700. The molecule has 0 amide bonds. The summed E-state index contributed by atoms with van der Waals surface area (Å²) in [6.45, 7) is 1.98. The third-order valence-electron chi connectivity index (χ3n) is 2.61. The van der Waals surface area contributed by atoms with Crippen LogP contribution in [0.15, 0.2) is 22.7 Å². The van der Waals surface area contributed by atoms with E-state index in [9.17, 15) is 8.78 Å². The van der Waals surface area contributed by atoms with Crippen molar-refractivity contribution in [3.8, 4) is 0 Å². The van der Waals surface area contributed by atoms with Crippen LogP contribution in [0.5, 0.6) is 0 Å². The van der Waals surface area contributed by atoms with Gasteiger partial charge in [-0.2, -0.15) is 0 Å². The molecule has 0 aliphatic carbocycles. The van der Waals surface area contributed by atoms with Crippen LogP contribution in [0.4, 0.5) is 8.78 Å². The largest absolute Gasteiger partial charge is 0.296 e. The second-order valence-corrected chi connectivity index (χ2v) is 4.72. The molecule has 1 aromatic rings. The van der Waals surface area contributed by atoms with E-state index < -0.39 is 6.17 Å². The van der Waals surface area contributed by atoms with Crippen molar-refractivity contribution in [2.75, 3.05) is 13.1 Å². The van der Waals surface area contributed by atoms with E-state index in [2.05, 4.69) is 15.9 Å². The minimum absolute atomic E-state index is 0.261. The molecule has 0 radical (unpaired) electrons. The number of halogens is 3. The smallest absolute Gasteiger partial charge is 0.137 e. The molecule has 2 rings (SSSR count). The fraction of sp³-hybridized carbons (Fsp3) is 0.455. The van der Waals surface area contributed by atoms with Gasteiger partial charge in [-0.1, -0.05) is 6.07 Å². The molecule has 0 spiro atoms. The summed E-state index contributed by atoms with van der Waals surface area (Å²) in [5.41, 5.74) is 1.01. The Balaban J connectivity index is 2.02. The van der Waals surface area contributed by atoms with Crippen LogP contribution in [-0.2, 0) is 6.54 Å². The minimum Gasteiger partial charge on any atom is -0.296 e. The molecule has 0 bridgehead atoms. The van der Waals surface area contributed by atoms with Crippen LogP contribution >= 0.6 is 15.9 Å². The number of hydrogen-bond acceptors (Lipinski definition) is 1. The van der Waals surface area contributed by atoms with Crippen molar-refractivity contribution in [1.29, 1.82) is 0 Å². The van der Waals surface area contributed by atoms with Gasteiger partial charge in [0.1, 0.15) is 12.0 Å². The predicted molar refractivity (Wildman–Crippen MR) is 58.9 cm³/mol. The molecule has 82 valence electrons. The molecule has 0 N–H and O–H groups in total. The highest BCUT2D eigenvalue weighted by Crippen LogP contribution is 2.20. The maximum atomic E-state index is 13.0. The summed E-state index contributed by atoms with van der Waals surface area (Å²) in [5, 5.41) is 0. The summed E-state index contributed by atoms with van der Waals surface area (Å²) >= 11 is 3.14. The molecular formula is C11H12BrF2N. The van der Waals surface area contributed by atoms with Crippen LogP contribution in [0.25, 0.3) is 0 Å². The molecule has 15 heavy (non-hydrogen) atoms. The molecule has 1 nitrogen and oxygen atoms in total. The molecular weight excluding hydrogens is 264 g/mol. The Bertz CT molecular complexity index is 356. The number of hydrogen-bond donors (Lipinski definition) is 0. The van der Waals surface area contributed by atoms with E-state index in [0.29, 0.717) is 24.0 Å². The first-order valence-corrected chi connectivity index (χ1v) is 5.75. The van der Waals surface area contributed by atoms with Gasteiger partial charge in [0, 0.05) is 19.6 Å². The average Bonchev–Trinajstić information content (AvgIpc) is 2.58. The highest BCUT2D eigenvalue weighted by Gasteiger charge is 2.21. The predicted octanol–water partition coefficient (Wildman–Crippen LogP) is 3.13. The molecule has 1 saturated heterocycles. The molecule has 0 aromatic heterocycles.